The standard InChI is InChI=1S/C21H24N4O3/c1-2-24-18(27)22-20(16-10-5-3-6-11-16)21(24,17-12-7-4-8-13-17)25(14-9-15-26)19(28)23-20/h3-8,10-13,26H,2,9,14-15H2,1H3,(H,22,27)(H,23,28). The molecule has 146 valence electrons. The SMILES string of the molecule is CCN1C(=O)NC2(c3ccccc3)NC(=O)N(CCCO)C12c1ccccc1. The second-order valence-electron chi connectivity index (χ2n) is 6.99. The van der Waals surface area contributed by atoms with E-state index in [4.69, 9.17) is 0 Å². The summed E-state index contributed by atoms with van der Waals surface area (Å²) >= 11 is 0. The summed E-state index contributed by atoms with van der Waals surface area (Å²) in [5, 5.41) is 15.6. The van der Waals surface area contributed by atoms with Gasteiger partial charge in [0.25, 0.3) is 0 Å². The normalized spacial score (nSPS) is 26.2. The summed E-state index contributed by atoms with van der Waals surface area (Å²) in [6.45, 7) is 2.59. The highest BCUT2D eigenvalue weighted by atomic mass is 16.3. The molecule has 7 heteroatoms. The lowest BCUT2D eigenvalue weighted by Gasteiger charge is -2.46. The molecule has 0 aromatic heterocycles. The van der Waals surface area contributed by atoms with Gasteiger partial charge in [-0.1, -0.05) is 60.7 Å². The highest BCUT2D eigenvalue weighted by molar-refractivity contribution is 5.89. The number of nitrogens with zero attached hydrogens (tertiary/aromatic N) is 2. The molecule has 2 atom stereocenters. The number of hydrogen-bond donors (Lipinski definition) is 3. The third-order valence-corrected chi connectivity index (χ3v) is 5.62. The number of fused-ring (bicyclic) bond motifs is 1. The fourth-order valence-corrected chi connectivity index (χ4v) is 4.60. The van der Waals surface area contributed by atoms with Crippen molar-refractivity contribution < 1.29 is 14.7 Å². The van der Waals surface area contributed by atoms with Crippen molar-refractivity contribution in [2.45, 2.75) is 24.7 Å². The maximum Gasteiger partial charge on any atom is 0.321 e. The number of amides is 4. The van der Waals surface area contributed by atoms with E-state index >= 15 is 0 Å². The van der Waals surface area contributed by atoms with Crippen LogP contribution in [0.2, 0.25) is 0 Å². The lowest BCUT2D eigenvalue weighted by molar-refractivity contribution is -0.0122. The summed E-state index contributed by atoms with van der Waals surface area (Å²) in [6, 6.07) is 18.6. The van der Waals surface area contributed by atoms with Gasteiger partial charge in [0.2, 0.25) is 0 Å². The smallest absolute Gasteiger partial charge is 0.321 e. The molecule has 7 nitrogen and oxygen atoms in total. The third kappa shape index (κ3) is 2.26. The summed E-state index contributed by atoms with van der Waals surface area (Å²) < 4.78 is 0. The minimum atomic E-state index is -1.14. The predicted molar refractivity (Wildman–Crippen MR) is 104 cm³/mol. The number of aliphatic hydroxyl groups is 1. The Balaban J connectivity index is 2.03. The molecule has 4 rings (SSSR count). The van der Waals surface area contributed by atoms with E-state index in [1.165, 1.54) is 0 Å². The van der Waals surface area contributed by atoms with Crippen molar-refractivity contribution in [2.75, 3.05) is 19.7 Å². The van der Waals surface area contributed by atoms with E-state index in [1.807, 2.05) is 67.6 Å². The average Bonchev–Trinajstić information content (AvgIpc) is 3.12. The summed E-state index contributed by atoms with van der Waals surface area (Å²) in [4.78, 5) is 29.6. The Bertz CT molecular complexity index is 876. The molecule has 2 aliphatic rings. The molecule has 2 saturated heterocycles. The molecule has 0 aliphatic carbocycles. The number of nitrogens with one attached hydrogen (secondary N) is 2. The van der Waals surface area contributed by atoms with Crippen molar-refractivity contribution in [1.82, 2.24) is 20.4 Å². The van der Waals surface area contributed by atoms with E-state index in [9.17, 15) is 14.7 Å². The number of carbonyl (C=O) groups excluding carboxylic acids is 2. The maximum atomic E-state index is 13.2. The van der Waals surface area contributed by atoms with Crippen LogP contribution in [0.15, 0.2) is 60.7 Å². The van der Waals surface area contributed by atoms with Gasteiger partial charge in [-0.3, -0.25) is 9.80 Å². The Kier molecular flexibility index (Phi) is 4.47. The van der Waals surface area contributed by atoms with Crippen molar-refractivity contribution in [1.29, 1.82) is 0 Å². The van der Waals surface area contributed by atoms with Crippen molar-refractivity contribution in [3.8, 4) is 0 Å². The van der Waals surface area contributed by atoms with Gasteiger partial charge >= 0.3 is 12.1 Å². The van der Waals surface area contributed by atoms with Crippen LogP contribution < -0.4 is 10.6 Å². The topological polar surface area (TPSA) is 84.9 Å². The van der Waals surface area contributed by atoms with Gasteiger partial charge in [-0.05, 0) is 13.3 Å². The van der Waals surface area contributed by atoms with Crippen LogP contribution in [0.3, 0.4) is 0 Å². The Morgan fingerprint density at radius 1 is 0.857 bits per heavy atom. The number of benzene rings is 2. The Hall–Kier alpha value is -3.06. The minimum absolute atomic E-state index is 0.0412. The van der Waals surface area contributed by atoms with Crippen LogP contribution in [0.1, 0.15) is 24.5 Å². The summed E-state index contributed by atoms with van der Waals surface area (Å²) in [6.07, 6.45) is 0.415. The average molecular weight is 380 g/mol. The quantitative estimate of drug-likeness (QED) is 0.718. The van der Waals surface area contributed by atoms with Gasteiger partial charge in [-0.15, -0.1) is 0 Å². The van der Waals surface area contributed by atoms with Gasteiger partial charge in [0, 0.05) is 30.8 Å². The number of aliphatic hydroxyl groups excluding tert-OH is 1. The fraction of sp³-hybridized carbons (Fsp3) is 0.333. The van der Waals surface area contributed by atoms with Crippen molar-refractivity contribution in [2.24, 2.45) is 0 Å². The minimum Gasteiger partial charge on any atom is -0.396 e. The van der Waals surface area contributed by atoms with Crippen LogP contribution in [0.4, 0.5) is 9.59 Å². The number of urea groups is 2. The van der Waals surface area contributed by atoms with Gasteiger partial charge in [0.15, 0.2) is 11.3 Å². The first-order valence-electron chi connectivity index (χ1n) is 9.53. The lowest BCUT2D eigenvalue weighted by Crippen LogP contribution is -2.62. The highest BCUT2D eigenvalue weighted by Crippen LogP contribution is 2.53. The van der Waals surface area contributed by atoms with Crippen molar-refractivity contribution in [3.05, 3.63) is 71.8 Å². The summed E-state index contributed by atoms with van der Waals surface area (Å²) in [5.74, 6) is 0. The summed E-state index contributed by atoms with van der Waals surface area (Å²) in [5.41, 5.74) is -0.610. The van der Waals surface area contributed by atoms with E-state index in [-0.39, 0.29) is 18.7 Å². The zero-order valence-electron chi connectivity index (χ0n) is 15.8. The van der Waals surface area contributed by atoms with E-state index in [0.29, 0.717) is 19.5 Å². The molecule has 2 unspecified atom stereocenters. The molecule has 3 N–H and O–H groups in total. The first-order chi connectivity index (χ1) is 13.6. The van der Waals surface area contributed by atoms with Gasteiger partial charge < -0.3 is 15.7 Å². The van der Waals surface area contributed by atoms with E-state index < -0.39 is 11.3 Å². The van der Waals surface area contributed by atoms with Crippen LogP contribution in [0.5, 0.6) is 0 Å². The molecule has 0 bridgehead atoms. The first kappa shape index (κ1) is 18.3. The Labute approximate surface area is 163 Å². The maximum absolute atomic E-state index is 13.2. The Morgan fingerprint density at radius 2 is 1.39 bits per heavy atom. The molecule has 2 fully saturated rings. The number of likely N-dealkylation sites (N-methyl/N-ethyl adjacent to an activating group) is 1. The van der Waals surface area contributed by atoms with Crippen LogP contribution in [-0.2, 0) is 11.3 Å². The van der Waals surface area contributed by atoms with Gasteiger partial charge in [0.05, 0.1) is 0 Å². The summed E-state index contributed by atoms with van der Waals surface area (Å²) in [7, 11) is 0. The van der Waals surface area contributed by atoms with E-state index in [0.717, 1.165) is 11.1 Å². The zero-order chi connectivity index (χ0) is 19.8. The number of carbonyl (C=O) groups is 2. The van der Waals surface area contributed by atoms with Gasteiger partial charge in [-0.2, -0.15) is 0 Å². The van der Waals surface area contributed by atoms with Crippen LogP contribution in [0, 0.1) is 0 Å². The molecular weight excluding hydrogens is 356 g/mol. The van der Waals surface area contributed by atoms with Gasteiger partial charge in [-0.25, -0.2) is 9.59 Å². The molecule has 2 aromatic rings. The largest absolute Gasteiger partial charge is 0.396 e. The van der Waals surface area contributed by atoms with Crippen LogP contribution >= 0.6 is 0 Å². The van der Waals surface area contributed by atoms with Crippen LogP contribution in [0.25, 0.3) is 0 Å². The van der Waals surface area contributed by atoms with Crippen LogP contribution in [-0.4, -0.2) is 46.7 Å². The molecular formula is C21H24N4O3. The molecule has 2 aromatic carbocycles. The molecule has 2 heterocycles. The molecule has 0 radical (unpaired) electrons. The third-order valence-electron chi connectivity index (χ3n) is 5.62. The number of rotatable bonds is 6. The second-order valence-corrected chi connectivity index (χ2v) is 6.99. The van der Waals surface area contributed by atoms with Crippen molar-refractivity contribution >= 4 is 12.1 Å². The molecule has 0 saturated carbocycles. The molecule has 0 spiro atoms. The second kappa shape index (κ2) is 6.83. The van der Waals surface area contributed by atoms with E-state index in [2.05, 4.69) is 10.6 Å². The molecule has 28 heavy (non-hydrogen) atoms. The lowest BCUT2D eigenvalue weighted by atomic mass is 9.81. The highest BCUT2D eigenvalue weighted by Gasteiger charge is 2.73. The van der Waals surface area contributed by atoms with Crippen molar-refractivity contribution in [3.63, 3.8) is 0 Å². The first-order valence-corrected chi connectivity index (χ1v) is 9.53. The fourth-order valence-electron chi connectivity index (χ4n) is 4.60. The molecule has 2 aliphatic heterocycles. The van der Waals surface area contributed by atoms with E-state index in [1.54, 1.807) is 9.80 Å². The Morgan fingerprint density at radius 3 is 1.93 bits per heavy atom. The zero-order valence-corrected chi connectivity index (χ0v) is 15.8. The van der Waals surface area contributed by atoms with Gasteiger partial charge in [0.1, 0.15) is 0 Å². The predicted octanol–water partition coefficient (Wildman–Crippen LogP) is 2.15. The monoisotopic (exact) mass is 380 g/mol. The number of hydrogen-bond acceptors (Lipinski definition) is 3. The molecule has 4 amide bonds.